The number of carbonyl (C=O) groups excluding carboxylic acids is 2. The van der Waals surface area contributed by atoms with Crippen molar-refractivity contribution < 1.29 is 18.7 Å². The number of furan rings is 1. The number of aryl methyl sites for hydroxylation is 2. The second-order valence-electron chi connectivity index (χ2n) is 5.03. The Morgan fingerprint density at radius 3 is 2.61 bits per heavy atom. The number of nitriles is 1. The highest BCUT2D eigenvalue weighted by molar-refractivity contribution is 7.14. The van der Waals surface area contributed by atoms with Crippen molar-refractivity contribution >= 4 is 28.2 Å². The molecule has 2 rings (SSSR count). The Balaban J connectivity index is 2.06. The van der Waals surface area contributed by atoms with Crippen LogP contribution in [-0.2, 0) is 9.53 Å². The second kappa shape index (κ2) is 6.67. The van der Waals surface area contributed by atoms with Gasteiger partial charge in [-0.3, -0.25) is 4.79 Å². The van der Waals surface area contributed by atoms with Crippen molar-refractivity contribution in [2.45, 2.75) is 33.8 Å². The molecule has 2 aromatic rings. The Bertz CT molecular complexity index is 798. The number of anilines is 1. The van der Waals surface area contributed by atoms with Crippen LogP contribution in [0.1, 0.15) is 39.9 Å². The smallest absolute Gasteiger partial charge is 0.342 e. The molecule has 0 fully saturated rings. The normalized spacial score (nSPS) is 11.6. The molecule has 0 bridgehead atoms. The van der Waals surface area contributed by atoms with Crippen molar-refractivity contribution in [1.29, 1.82) is 5.26 Å². The van der Waals surface area contributed by atoms with E-state index in [1.807, 2.05) is 6.07 Å². The van der Waals surface area contributed by atoms with Gasteiger partial charge < -0.3 is 14.5 Å². The Labute approximate surface area is 137 Å². The Hall–Kier alpha value is -2.59. The van der Waals surface area contributed by atoms with Gasteiger partial charge in [-0.15, -0.1) is 11.3 Å². The fourth-order valence-electron chi connectivity index (χ4n) is 2.07. The molecule has 2 aromatic heterocycles. The zero-order valence-corrected chi connectivity index (χ0v) is 14.0. The third-order valence-corrected chi connectivity index (χ3v) is 4.27. The lowest BCUT2D eigenvalue weighted by molar-refractivity contribution is -0.123. The minimum Gasteiger partial charge on any atom is -0.465 e. The zero-order chi connectivity index (χ0) is 17.1. The topological polar surface area (TPSA) is 92.3 Å². The molecular weight excluding hydrogens is 316 g/mol. The summed E-state index contributed by atoms with van der Waals surface area (Å²) in [4.78, 5) is 24.3. The Kier molecular flexibility index (Phi) is 4.86. The quantitative estimate of drug-likeness (QED) is 0.867. The number of nitrogens with zero attached hydrogens (tertiary/aromatic N) is 1. The van der Waals surface area contributed by atoms with Crippen LogP contribution in [0.25, 0.3) is 0 Å². The highest BCUT2D eigenvalue weighted by Gasteiger charge is 2.25. The van der Waals surface area contributed by atoms with Gasteiger partial charge in [0, 0.05) is 5.56 Å². The number of hydrogen-bond acceptors (Lipinski definition) is 6. The van der Waals surface area contributed by atoms with Crippen LogP contribution in [0, 0.1) is 32.1 Å². The number of carbonyl (C=O) groups is 2. The molecule has 2 heterocycles. The standard InChI is InChI=1S/C16H16N2O4S/c1-8-9(2)21-10(3)13(8)16(20)22-11(4)14(19)18-15-12(7-17)5-6-23-15/h5-6,11H,1-4H3,(H,18,19)/t11-/m0/s1. The van der Waals surface area contributed by atoms with E-state index < -0.39 is 18.0 Å². The summed E-state index contributed by atoms with van der Waals surface area (Å²) < 4.78 is 10.6. The molecular formula is C16H16N2O4S. The first-order valence-corrected chi connectivity index (χ1v) is 7.79. The first-order chi connectivity index (χ1) is 10.8. The molecule has 0 saturated carbocycles. The molecule has 23 heavy (non-hydrogen) atoms. The summed E-state index contributed by atoms with van der Waals surface area (Å²) >= 11 is 1.23. The first-order valence-electron chi connectivity index (χ1n) is 6.91. The monoisotopic (exact) mass is 332 g/mol. The van der Waals surface area contributed by atoms with Gasteiger partial charge in [-0.1, -0.05) is 0 Å². The molecule has 0 spiro atoms. The molecule has 0 unspecified atom stereocenters. The fourth-order valence-corrected chi connectivity index (χ4v) is 2.82. The van der Waals surface area contributed by atoms with Crippen LogP contribution in [-0.4, -0.2) is 18.0 Å². The van der Waals surface area contributed by atoms with Crippen LogP contribution < -0.4 is 5.32 Å². The van der Waals surface area contributed by atoms with Gasteiger partial charge >= 0.3 is 5.97 Å². The van der Waals surface area contributed by atoms with E-state index in [4.69, 9.17) is 14.4 Å². The van der Waals surface area contributed by atoms with E-state index >= 15 is 0 Å². The minimum absolute atomic E-state index is 0.344. The third kappa shape index (κ3) is 3.43. The van der Waals surface area contributed by atoms with Crippen molar-refractivity contribution in [2.24, 2.45) is 0 Å². The van der Waals surface area contributed by atoms with E-state index in [2.05, 4.69) is 5.32 Å². The van der Waals surface area contributed by atoms with E-state index in [1.54, 1.807) is 32.2 Å². The molecule has 7 heteroatoms. The SMILES string of the molecule is Cc1oc(C)c(C(=O)O[C@@H](C)C(=O)Nc2sccc2C#N)c1C. The maximum absolute atomic E-state index is 12.2. The van der Waals surface area contributed by atoms with Crippen molar-refractivity contribution in [3.05, 3.63) is 39.7 Å². The van der Waals surface area contributed by atoms with Gasteiger partial charge in [-0.05, 0) is 39.1 Å². The average Bonchev–Trinajstić information content (AvgIpc) is 3.03. The molecule has 0 aromatic carbocycles. The average molecular weight is 332 g/mol. The number of thiophene rings is 1. The minimum atomic E-state index is -0.995. The molecule has 1 atom stereocenters. The highest BCUT2D eigenvalue weighted by atomic mass is 32.1. The Morgan fingerprint density at radius 1 is 1.35 bits per heavy atom. The lowest BCUT2D eigenvalue weighted by Gasteiger charge is -2.13. The van der Waals surface area contributed by atoms with Crippen LogP contribution in [0.4, 0.5) is 5.00 Å². The van der Waals surface area contributed by atoms with Crippen molar-refractivity contribution in [3.8, 4) is 6.07 Å². The van der Waals surface area contributed by atoms with Gasteiger partial charge in [0.15, 0.2) is 6.10 Å². The van der Waals surface area contributed by atoms with Crippen LogP contribution >= 0.6 is 11.3 Å². The molecule has 0 saturated heterocycles. The molecule has 0 aliphatic rings. The fraction of sp³-hybridized carbons (Fsp3) is 0.312. The first kappa shape index (κ1) is 16.8. The number of rotatable bonds is 4. The molecule has 0 aliphatic carbocycles. The van der Waals surface area contributed by atoms with E-state index in [0.29, 0.717) is 33.2 Å². The predicted molar refractivity (Wildman–Crippen MR) is 85.5 cm³/mol. The Morgan fingerprint density at radius 2 is 2.04 bits per heavy atom. The molecule has 1 N–H and O–H groups in total. The summed E-state index contributed by atoms with van der Waals surface area (Å²) in [6.07, 6.45) is -0.995. The van der Waals surface area contributed by atoms with Crippen molar-refractivity contribution in [2.75, 3.05) is 5.32 Å². The summed E-state index contributed by atoms with van der Waals surface area (Å²) in [6.45, 7) is 6.67. The van der Waals surface area contributed by atoms with E-state index in [-0.39, 0.29) is 0 Å². The number of amides is 1. The molecule has 1 amide bonds. The summed E-state index contributed by atoms with van der Waals surface area (Å²) in [5.74, 6) is 0.00504. The van der Waals surface area contributed by atoms with E-state index in [0.717, 1.165) is 0 Å². The van der Waals surface area contributed by atoms with Crippen molar-refractivity contribution in [3.63, 3.8) is 0 Å². The van der Waals surface area contributed by atoms with Gasteiger partial charge in [0.25, 0.3) is 5.91 Å². The molecule has 0 radical (unpaired) electrons. The van der Waals surface area contributed by atoms with E-state index in [9.17, 15) is 9.59 Å². The van der Waals surface area contributed by atoms with Gasteiger partial charge in [0.2, 0.25) is 0 Å². The van der Waals surface area contributed by atoms with Gasteiger partial charge in [0.1, 0.15) is 28.2 Å². The van der Waals surface area contributed by atoms with Crippen molar-refractivity contribution in [1.82, 2.24) is 0 Å². The lowest BCUT2D eigenvalue weighted by atomic mass is 10.1. The highest BCUT2D eigenvalue weighted by Crippen LogP contribution is 2.24. The van der Waals surface area contributed by atoms with E-state index in [1.165, 1.54) is 18.3 Å². The van der Waals surface area contributed by atoms with Crippen LogP contribution in [0.3, 0.4) is 0 Å². The largest absolute Gasteiger partial charge is 0.465 e. The number of nitrogens with one attached hydrogen (secondary N) is 1. The summed E-state index contributed by atoms with van der Waals surface area (Å²) in [5, 5.41) is 13.7. The summed E-state index contributed by atoms with van der Waals surface area (Å²) in [7, 11) is 0. The van der Waals surface area contributed by atoms with Crippen LogP contribution in [0.15, 0.2) is 15.9 Å². The maximum Gasteiger partial charge on any atom is 0.342 e. The van der Waals surface area contributed by atoms with Gasteiger partial charge in [0.05, 0.1) is 5.56 Å². The van der Waals surface area contributed by atoms with Crippen LogP contribution in [0.2, 0.25) is 0 Å². The zero-order valence-electron chi connectivity index (χ0n) is 13.2. The summed E-state index contributed by atoms with van der Waals surface area (Å²) in [5.41, 5.74) is 1.42. The lowest BCUT2D eigenvalue weighted by Crippen LogP contribution is -2.30. The third-order valence-electron chi connectivity index (χ3n) is 3.44. The van der Waals surface area contributed by atoms with Gasteiger partial charge in [-0.2, -0.15) is 5.26 Å². The summed E-state index contributed by atoms with van der Waals surface area (Å²) in [6, 6.07) is 3.59. The van der Waals surface area contributed by atoms with Crippen LogP contribution in [0.5, 0.6) is 0 Å². The van der Waals surface area contributed by atoms with Gasteiger partial charge in [-0.25, -0.2) is 4.79 Å². The second-order valence-corrected chi connectivity index (χ2v) is 5.94. The number of ether oxygens (including phenoxy) is 1. The predicted octanol–water partition coefficient (Wildman–Crippen LogP) is 3.32. The molecule has 6 nitrogen and oxygen atoms in total. The number of esters is 1. The molecule has 0 aliphatic heterocycles. The maximum atomic E-state index is 12.2. The molecule has 120 valence electrons. The number of hydrogen-bond donors (Lipinski definition) is 1.